The second-order valence-corrected chi connectivity index (χ2v) is 10.0. The average Bonchev–Trinajstić information content (AvgIpc) is 3.02. The first-order valence-corrected chi connectivity index (χ1v) is 12.1. The third-order valence-electron chi connectivity index (χ3n) is 5.68. The molecule has 0 spiro atoms. The number of anilines is 1. The van der Waals surface area contributed by atoms with Crippen molar-refractivity contribution in [2.24, 2.45) is 7.05 Å². The number of piperazine rings is 1. The van der Waals surface area contributed by atoms with E-state index in [0.717, 1.165) is 22.4 Å². The summed E-state index contributed by atoms with van der Waals surface area (Å²) in [5, 5.41) is 2.95. The van der Waals surface area contributed by atoms with E-state index < -0.39 is 10.0 Å². The van der Waals surface area contributed by atoms with Crippen molar-refractivity contribution in [3.63, 3.8) is 0 Å². The summed E-state index contributed by atoms with van der Waals surface area (Å²) in [5.41, 5.74) is 4.16. The van der Waals surface area contributed by atoms with Crippen LogP contribution in [0.3, 0.4) is 0 Å². The highest BCUT2D eigenvalue weighted by Gasteiger charge is 2.24. The van der Waals surface area contributed by atoms with Crippen LogP contribution in [0.1, 0.15) is 21.7 Å². The Morgan fingerprint density at radius 1 is 1.10 bits per heavy atom. The Morgan fingerprint density at radius 2 is 1.84 bits per heavy atom. The quantitative estimate of drug-likeness (QED) is 0.656. The van der Waals surface area contributed by atoms with E-state index in [0.29, 0.717) is 44.0 Å². The Labute approximate surface area is 182 Å². The molecular formula is C22H27N5O3S. The first-order chi connectivity index (χ1) is 14.7. The number of imidazole rings is 1. The third-order valence-corrected chi connectivity index (χ3v) is 6.98. The summed E-state index contributed by atoms with van der Waals surface area (Å²) in [6, 6.07) is 13.2. The molecule has 1 saturated heterocycles. The number of hydrogen-bond donors (Lipinski definition) is 1. The smallest absolute Gasteiger partial charge is 0.255 e. The van der Waals surface area contributed by atoms with E-state index in [-0.39, 0.29) is 5.91 Å². The Hall–Kier alpha value is -2.75. The summed E-state index contributed by atoms with van der Waals surface area (Å²) in [6.07, 6.45) is 1.25. The van der Waals surface area contributed by atoms with Gasteiger partial charge >= 0.3 is 0 Å². The maximum atomic E-state index is 12.5. The van der Waals surface area contributed by atoms with Gasteiger partial charge in [0.2, 0.25) is 10.0 Å². The molecule has 0 saturated carbocycles. The monoisotopic (exact) mass is 441 g/mol. The number of hydrogen-bond acceptors (Lipinski definition) is 5. The van der Waals surface area contributed by atoms with Crippen molar-refractivity contribution >= 4 is 32.7 Å². The van der Waals surface area contributed by atoms with Crippen molar-refractivity contribution in [2.75, 3.05) is 37.8 Å². The molecule has 1 aromatic heterocycles. The van der Waals surface area contributed by atoms with E-state index in [2.05, 4.69) is 10.2 Å². The summed E-state index contributed by atoms with van der Waals surface area (Å²) < 4.78 is 27.0. The van der Waals surface area contributed by atoms with Gasteiger partial charge < -0.3 is 9.88 Å². The van der Waals surface area contributed by atoms with Gasteiger partial charge in [0.1, 0.15) is 5.82 Å². The minimum absolute atomic E-state index is 0.150. The topological polar surface area (TPSA) is 87.5 Å². The molecule has 0 unspecified atom stereocenters. The van der Waals surface area contributed by atoms with Crippen molar-refractivity contribution in [3.05, 3.63) is 59.4 Å². The van der Waals surface area contributed by atoms with Gasteiger partial charge in [-0.05, 0) is 37.3 Å². The number of sulfonamides is 1. The Morgan fingerprint density at radius 3 is 2.52 bits per heavy atom. The van der Waals surface area contributed by atoms with Crippen LogP contribution in [-0.2, 0) is 23.6 Å². The number of amides is 1. The number of fused-ring (bicyclic) bond motifs is 1. The number of aryl methyl sites for hydroxylation is 2. The summed E-state index contributed by atoms with van der Waals surface area (Å²) in [5.74, 6) is 0.757. The zero-order chi connectivity index (χ0) is 22.2. The molecule has 2 heterocycles. The van der Waals surface area contributed by atoms with E-state index in [4.69, 9.17) is 4.98 Å². The van der Waals surface area contributed by atoms with Crippen LogP contribution >= 0.6 is 0 Å². The van der Waals surface area contributed by atoms with E-state index in [9.17, 15) is 13.2 Å². The van der Waals surface area contributed by atoms with Crippen LogP contribution < -0.4 is 5.32 Å². The fraction of sp³-hybridized carbons (Fsp3) is 0.364. The van der Waals surface area contributed by atoms with Gasteiger partial charge in [-0.1, -0.05) is 17.7 Å². The van der Waals surface area contributed by atoms with E-state index in [1.807, 2.05) is 54.9 Å². The van der Waals surface area contributed by atoms with Crippen molar-refractivity contribution < 1.29 is 13.2 Å². The minimum atomic E-state index is -3.14. The van der Waals surface area contributed by atoms with Crippen molar-refractivity contribution in [1.82, 2.24) is 18.8 Å². The summed E-state index contributed by atoms with van der Waals surface area (Å²) in [6.45, 7) is 4.95. The van der Waals surface area contributed by atoms with Gasteiger partial charge in [-0.25, -0.2) is 13.4 Å². The number of aromatic nitrogens is 2. The maximum Gasteiger partial charge on any atom is 0.255 e. The lowest BCUT2D eigenvalue weighted by Crippen LogP contribution is -2.48. The molecule has 1 amide bonds. The molecule has 1 N–H and O–H groups in total. The van der Waals surface area contributed by atoms with Gasteiger partial charge in [-0.2, -0.15) is 4.31 Å². The van der Waals surface area contributed by atoms with E-state index in [1.54, 1.807) is 6.07 Å². The number of benzene rings is 2. The fourth-order valence-corrected chi connectivity index (χ4v) is 4.70. The second kappa shape index (κ2) is 8.41. The largest absolute Gasteiger partial charge is 0.330 e. The van der Waals surface area contributed by atoms with Gasteiger partial charge in [-0.3, -0.25) is 9.69 Å². The van der Waals surface area contributed by atoms with Crippen molar-refractivity contribution in [2.45, 2.75) is 13.5 Å². The van der Waals surface area contributed by atoms with Crippen LogP contribution in [0.2, 0.25) is 0 Å². The first-order valence-electron chi connectivity index (χ1n) is 10.2. The van der Waals surface area contributed by atoms with Gasteiger partial charge in [-0.15, -0.1) is 0 Å². The number of rotatable bonds is 5. The standard InChI is InChI=1S/C22H27N5O3S/c1-16-5-4-6-17(13-16)22(28)23-18-7-8-20-19(14-18)24-21(25(20)2)15-26-9-11-27(12-10-26)31(3,29)30/h4-8,13-14H,9-12,15H2,1-3H3,(H,23,28). The molecule has 2 aromatic carbocycles. The van der Waals surface area contributed by atoms with E-state index >= 15 is 0 Å². The normalized spacial score (nSPS) is 16.0. The molecule has 0 bridgehead atoms. The molecule has 164 valence electrons. The zero-order valence-corrected chi connectivity index (χ0v) is 18.8. The van der Waals surface area contributed by atoms with Crippen LogP contribution in [0.4, 0.5) is 5.69 Å². The van der Waals surface area contributed by atoms with Crippen molar-refractivity contribution in [1.29, 1.82) is 0 Å². The highest BCUT2D eigenvalue weighted by atomic mass is 32.2. The molecule has 9 heteroatoms. The van der Waals surface area contributed by atoms with Gasteiger partial charge in [0.05, 0.1) is 23.8 Å². The zero-order valence-electron chi connectivity index (χ0n) is 18.0. The predicted octanol–water partition coefficient (Wildman–Crippen LogP) is 2.21. The summed E-state index contributed by atoms with van der Waals surface area (Å²) >= 11 is 0. The molecule has 1 fully saturated rings. The van der Waals surface area contributed by atoms with Crippen LogP contribution in [0.5, 0.6) is 0 Å². The second-order valence-electron chi connectivity index (χ2n) is 8.05. The lowest BCUT2D eigenvalue weighted by atomic mass is 10.1. The number of carbonyl (C=O) groups excluding carboxylic acids is 1. The molecular weight excluding hydrogens is 414 g/mol. The average molecular weight is 442 g/mol. The maximum absolute atomic E-state index is 12.5. The van der Waals surface area contributed by atoms with Gasteiger partial charge in [0.25, 0.3) is 5.91 Å². The molecule has 0 atom stereocenters. The highest BCUT2D eigenvalue weighted by molar-refractivity contribution is 7.88. The Bertz CT molecular complexity index is 1230. The van der Waals surface area contributed by atoms with Crippen LogP contribution in [0, 0.1) is 6.92 Å². The minimum Gasteiger partial charge on any atom is -0.330 e. The third kappa shape index (κ3) is 4.79. The SMILES string of the molecule is Cc1cccc(C(=O)Nc2ccc3c(c2)nc(CN2CCN(S(C)(=O)=O)CC2)n3C)c1. The Balaban J connectivity index is 1.47. The van der Waals surface area contributed by atoms with Gasteiger partial charge in [0.15, 0.2) is 0 Å². The van der Waals surface area contributed by atoms with Crippen LogP contribution in [0.15, 0.2) is 42.5 Å². The van der Waals surface area contributed by atoms with Crippen LogP contribution in [-0.4, -0.2) is 65.5 Å². The molecule has 3 aromatic rings. The van der Waals surface area contributed by atoms with Crippen LogP contribution in [0.25, 0.3) is 11.0 Å². The molecule has 1 aliphatic rings. The fourth-order valence-electron chi connectivity index (χ4n) is 3.88. The molecule has 0 aliphatic carbocycles. The lowest BCUT2D eigenvalue weighted by Gasteiger charge is -2.32. The van der Waals surface area contributed by atoms with Gasteiger partial charge in [0, 0.05) is 44.5 Å². The van der Waals surface area contributed by atoms with Crippen molar-refractivity contribution in [3.8, 4) is 0 Å². The number of nitrogens with zero attached hydrogens (tertiary/aromatic N) is 4. The molecule has 31 heavy (non-hydrogen) atoms. The predicted molar refractivity (Wildman–Crippen MR) is 122 cm³/mol. The summed E-state index contributed by atoms with van der Waals surface area (Å²) in [7, 11) is -1.16. The lowest BCUT2D eigenvalue weighted by molar-refractivity contribution is 0.102. The Kier molecular flexibility index (Phi) is 5.83. The first kappa shape index (κ1) is 21.5. The molecule has 1 aliphatic heterocycles. The number of carbonyl (C=O) groups is 1. The molecule has 4 rings (SSSR count). The molecule has 0 radical (unpaired) electrons. The van der Waals surface area contributed by atoms with E-state index in [1.165, 1.54) is 10.6 Å². The summed E-state index contributed by atoms with van der Waals surface area (Å²) in [4.78, 5) is 19.5. The number of nitrogens with one attached hydrogen (secondary N) is 1. The highest BCUT2D eigenvalue weighted by Crippen LogP contribution is 2.21. The molecule has 8 nitrogen and oxygen atoms in total.